The second-order valence-electron chi connectivity index (χ2n) is 5.96. The molecule has 0 atom stereocenters. The number of hydrogen-bond acceptors (Lipinski definition) is 4. The molecule has 0 bridgehead atoms. The maximum Gasteiger partial charge on any atom is 0.416 e. The Morgan fingerprint density at radius 3 is 2.25 bits per heavy atom. The number of benzene rings is 2. The molecule has 2 aromatic heterocycles. The lowest BCUT2D eigenvalue weighted by atomic mass is 10.1. The molecule has 2 heterocycles. The largest absolute Gasteiger partial charge is 0.416 e. The number of thioether (sulfide) groups is 1. The summed E-state index contributed by atoms with van der Waals surface area (Å²) < 4.78 is 52.6. The standard InChI is InChI=1S/C19H12F4N4S/c20-15-7-3-13(4-8-15)18-25-24-16-9-10-17(26-27(16)18)28-11-12-1-5-14(6-2-12)19(21,22)23/h1-10H,11H2. The average molecular weight is 404 g/mol. The number of nitrogens with zero attached hydrogens (tertiary/aromatic N) is 4. The van der Waals surface area contributed by atoms with Crippen LogP contribution < -0.4 is 0 Å². The molecule has 142 valence electrons. The maximum absolute atomic E-state index is 13.1. The fourth-order valence-electron chi connectivity index (χ4n) is 2.58. The van der Waals surface area contributed by atoms with Crippen LogP contribution in [0.2, 0.25) is 0 Å². The lowest BCUT2D eigenvalue weighted by molar-refractivity contribution is -0.137. The van der Waals surface area contributed by atoms with Crippen molar-refractivity contribution >= 4 is 17.4 Å². The van der Waals surface area contributed by atoms with E-state index < -0.39 is 11.7 Å². The number of aromatic nitrogens is 4. The summed E-state index contributed by atoms with van der Waals surface area (Å²) in [6.45, 7) is 0. The molecule has 4 rings (SSSR count). The number of halogens is 4. The summed E-state index contributed by atoms with van der Waals surface area (Å²) in [6, 6.07) is 14.4. The minimum absolute atomic E-state index is 0.349. The Labute approximate surface area is 161 Å². The molecule has 0 N–H and O–H groups in total. The molecule has 28 heavy (non-hydrogen) atoms. The third-order valence-electron chi connectivity index (χ3n) is 4.01. The van der Waals surface area contributed by atoms with Crippen molar-refractivity contribution in [1.82, 2.24) is 19.8 Å². The van der Waals surface area contributed by atoms with Crippen LogP contribution in [-0.4, -0.2) is 19.8 Å². The quantitative estimate of drug-likeness (QED) is 0.345. The molecular formula is C19H12F4N4S. The molecule has 0 saturated heterocycles. The fraction of sp³-hybridized carbons (Fsp3) is 0.105. The van der Waals surface area contributed by atoms with Gasteiger partial charge in [0.1, 0.15) is 10.8 Å². The molecule has 4 nitrogen and oxygen atoms in total. The van der Waals surface area contributed by atoms with Gasteiger partial charge in [0.05, 0.1) is 5.56 Å². The van der Waals surface area contributed by atoms with Gasteiger partial charge in [0.2, 0.25) is 0 Å². The number of hydrogen-bond donors (Lipinski definition) is 0. The van der Waals surface area contributed by atoms with Crippen LogP contribution in [0.4, 0.5) is 17.6 Å². The molecule has 9 heteroatoms. The van der Waals surface area contributed by atoms with Gasteiger partial charge in [0, 0.05) is 11.3 Å². The third kappa shape index (κ3) is 3.84. The second kappa shape index (κ2) is 7.23. The monoisotopic (exact) mass is 404 g/mol. The van der Waals surface area contributed by atoms with E-state index in [0.717, 1.165) is 17.7 Å². The van der Waals surface area contributed by atoms with Crippen molar-refractivity contribution in [3.8, 4) is 11.4 Å². The van der Waals surface area contributed by atoms with E-state index in [4.69, 9.17) is 0 Å². The van der Waals surface area contributed by atoms with Crippen LogP contribution in [0.25, 0.3) is 17.0 Å². The van der Waals surface area contributed by atoms with Crippen LogP contribution in [-0.2, 0) is 11.9 Å². The van der Waals surface area contributed by atoms with E-state index in [-0.39, 0.29) is 5.82 Å². The number of rotatable bonds is 4. The van der Waals surface area contributed by atoms with E-state index in [1.54, 1.807) is 28.8 Å². The van der Waals surface area contributed by atoms with Gasteiger partial charge in [-0.05, 0) is 54.1 Å². The van der Waals surface area contributed by atoms with Gasteiger partial charge in [-0.1, -0.05) is 23.9 Å². The van der Waals surface area contributed by atoms with Crippen molar-refractivity contribution in [3.63, 3.8) is 0 Å². The van der Waals surface area contributed by atoms with E-state index in [0.29, 0.717) is 27.8 Å². The summed E-state index contributed by atoms with van der Waals surface area (Å²) >= 11 is 1.38. The number of alkyl halides is 3. The van der Waals surface area contributed by atoms with Gasteiger partial charge in [0.25, 0.3) is 0 Å². The van der Waals surface area contributed by atoms with Crippen molar-refractivity contribution in [3.05, 3.63) is 77.6 Å². The highest BCUT2D eigenvalue weighted by atomic mass is 32.2. The highest BCUT2D eigenvalue weighted by molar-refractivity contribution is 7.98. The lowest BCUT2D eigenvalue weighted by Gasteiger charge is -2.07. The van der Waals surface area contributed by atoms with Gasteiger partial charge in [-0.3, -0.25) is 0 Å². The van der Waals surface area contributed by atoms with Gasteiger partial charge in [-0.2, -0.15) is 22.8 Å². The van der Waals surface area contributed by atoms with Crippen LogP contribution in [0.15, 0.2) is 65.7 Å². The zero-order valence-corrected chi connectivity index (χ0v) is 15.0. The lowest BCUT2D eigenvalue weighted by Crippen LogP contribution is -2.04. The van der Waals surface area contributed by atoms with Gasteiger partial charge >= 0.3 is 6.18 Å². The van der Waals surface area contributed by atoms with Crippen LogP contribution in [0, 0.1) is 5.82 Å². The van der Waals surface area contributed by atoms with Crippen molar-refractivity contribution in [1.29, 1.82) is 0 Å². The first-order valence-corrected chi connectivity index (χ1v) is 9.16. The molecular weight excluding hydrogens is 392 g/mol. The topological polar surface area (TPSA) is 43.1 Å². The average Bonchev–Trinajstić information content (AvgIpc) is 3.10. The molecule has 0 aliphatic heterocycles. The summed E-state index contributed by atoms with van der Waals surface area (Å²) in [7, 11) is 0. The molecule has 4 aromatic rings. The van der Waals surface area contributed by atoms with Crippen LogP contribution >= 0.6 is 11.8 Å². The first-order valence-electron chi connectivity index (χ1n) is 8.17. The first-order chi connectivity index (χ1) is 13.4. The predicted molar refractivity (Wildman–Crippen MR) is 97.2 cm³/mol. The van der Waals surface area contributed by atoms with Crippen LogP contribution in [0.1, 0.15) is 11.1 Å². The highest BCUT2D eigenvalue weighted by Crippen LogP contribution is 2.30. The Kier molecular flexibility index (Phi) is 4.76. The van der Waals surface area contributed by atoms with Gasteiger partial charge in [0.15, 0.2) is 11.5 Å². The van der Waals surface area contributed by atoms with Crippen LogP contribution in [0.3, 0.4) is 0 Å². The second-order valence-corrected chi connectivity index (χ2v) is 6.95. The number of fused-ring (bicyclic) bond motifs is 1. The zero-order chi connectivity index (χ0) is 19.7. The highest BCUT2D eigenvalue weighted by Gasteiger charge is 2.29. The Morgan fingerprint density at radius 1 is 0.857 bits per heavy atom. The van der Waals surface area contributed by atoms with Gasteiger partial charge in [-0.25, -0.2) is 4.39 Å². The van der Waals surface area contributed by atoms with Gasteiger partial charge in [-0.15, -0.1) is 10.2 Å². The van der Waals surface area contributed by atoms with Crippen molar-refractivity contribution in [2.45, 2.75) is 17.0 Å². The molecule has 0 amide bonds. The Morgan fingerprint density at radius 2 is 1.57 bits per heavy atom. The molecule has 0 aliphatic rings. The summed E-state index contributed by atoms with van der Waals surface area (Å²) in [6.07, 6.45) is -4.34. The molecule has 0 aliphatic carbocycles. The van der Waals surface area contributed by atoms with E-state index in [2.05, 4.69) is 15.3 Å². The minimum Gasteiger partial charge on any atom is -0.207 e. The minimum atomic E-state index is -4.34. The third-order valence-corrected chi connectivity index (χ3v) is 5.00. The summed E-state index contributed by atoms with van der Waals surface area (Å²) in [5.41, 5.74) is 1.29. The maximum atomic E-state index is 13.1. The summed E-state index contributed by atoms with van der Waals surface area (Å²) in [4.78, 5) is 0. The molecule has 0 spiro atoms. The molecule has 0 saturated carbocycles. The Bertz CT molecular complexity index is 1110. The van der Waals surface area contributed by atoms with E-state index in [1.165, 1.54) is 36.0 Å². The normalized spacial score (nSPS) is 11.9. The SMILES string of the molecule is Fc1ccc(-c2nnc3ccc(SCc4ccc(C(F)(F)F)cc4)nn23)cc1. The zero-order valence-electron chi connectivity index (χ0n) is 14.2. The molecule has 0 fully saturated rings. The van der Waals surface area contributed by atoms with Crippen LogP contribution in [0.5, 0.6) is 0 Å². The van der Waals surface area contributed by atoms with E-state index >= 15 is 0 Å². The molecule has 2 aromatic carbocycles. The summed E-state index contributed by atoms with van der Waals surface area (Å²) in [5, 5.41) is 13.3. The smallest absolute Gasteiger partial charge is 0.207 e. The Hall–Kier alpha value is -2.94. The fourth-order valence-corrected chi connectivity index (χ4v) is 3.39. The molecule has 0 unspecified atom stereocenters. The molecule has 0 radical (unpaired) electrons. The van der Waals surface area contributed by atoms with Crippen molar-refractivity contribution in [2.75, 3.05) is 0 Å². The van der Waals surface area contributed by atoms with E-state index in [1.807, 2.05) is 0 Å². The van der Waals surface area contributed by atoms with E-state index in [9.17, 15) is 17.6 Å². The van der Waals surface area contributed by atoms with Crippen molar-refractivity contribution in [2.24, 2.45) is 0 Å². The van der Waals surface area contributed by atoms with Crippen molar-refractivity contribution < 1.29 is 17.6 Å². The predicted octanol–water partition coefficient (Wildman–Crippen LogP) is 5.24. The van der Waals surface area contributed by atoms with Gasteiger partial charge < -0.3 is 0 Å². The summed E-state index contributed by atoms with van der Waals surface area (Å²) in [5.74, 6) is 0.593. The first kappa shape index (κ1) is 18.4. The Balaban J connectivity index is 1.55.